The highest BCUT2D eigenvalue weighted by Gasteiger charge is 2.23. The maximum absolute atomic E-state index is 11.1. The molecule has 1 saturated carbocycles. The van der Waals surface area contributed by atoms with Crippen LogP contribution in [0.25, 0.3) is 0 Å². The van der Waals surface area contributed by atoms with Crippen molar-refractivity contribution < 1.29 is 0 Å². The van der Waals surface area contributed by atoms with Gasteiger partial charge in [-0.3, -0.25) is 0 Å². The SMILES string of the molecule is NCCNc1cnc(=O)[nH]c1C1CCC1. The van der Waals surface area contributed by atoms with Gasteiger partial charge in [0, 0.05) is 24.7 Å². The van der Waals surface area contributed by atoms with Crippen LogP contribution >= 0.6 is 0 Å². The fourth-order valence-electron chi connectivity index (χ4n) is 1.77. The summed E-state index contributed by atoms with van der Waals surface area (Å²) in [5.41, 5.74) is 7.07. The third-order valence-electron chi connectivity index (χ3n) is 2.82. The van der Waals surface area contributed by atoms with Crippen LogP contribution in [0, 0.1) is 0 Å². The minimum Gasteiger partial charge on any atom is -0.381 e. The average molecular weight is 208 g/mol. The van der Waals surface area contributed by atoms with Gasteiger partial charge in [0.2, 0.25) is 0 Å². The first-order valence-electron chi connectivity index (χ1n) is 5.34. The molecule has 0 unspecified atom stereocenters. The maximum atomic E-state index is 11.1. The standard InChI is InChI=1S/C10H16N4O/c11-4-5-12-8-6-13-10(15)14-9(8)7-2-1-3-7/h6-7,12H,1-5,11H2,(H,13,14,15). The summed E-state index contributed by atoms with van der Waals surface area (Å²) in [4.78, 5) is 17.7. The molecule has 0 spiro atoms. The summed E-state index contributed by atoms with van der Waals surface area (Å²) in [6, 6.07) is 0. The van der Waals surface area contributed by atoms with Crippen molar-refractivity contribution in [2.24, 2.45) is 5.73 Å². The van der Waals surface area contributed by atoms with Gasteiger partial charge in [0.25, 0.3) is 0 Å². The molecule has 15 heavy (non-hydrogen) atoms. The van der Waals surface area contributed by atoms with Crippen molar-refractivity contribution >= 4 is 5.69 Å². The molecule has 1 aromatic rings. The zero-order chi connectivity index (χ0) is 10.7. The van der Waals surface area contributed by atoms with Crippen molar-refractivity contribution in [3.63, 3.8) is 0 Å². The van der Waals surface area contributed by atoms with E-state index < -0.39 is 0 Å². The summed E-state index contributed by atoms with van der Waals surface area (Å²) < 4.78 is 0. The highest BCUT2D eigenvalue weighted by molar-refractivity contribution is 5.47. The highest BCUT2D eigenvalue weighted by Crippen LogP contribution is 2.37. The molecule has 1 aliphatic rings. The smallest absolute Gasteiger partial charge is 0.345 e. The topological polar surface area (TPSA) is 83.8 Å². The molecule has 4 N–H and O–H groups in total. The lowest BCUT2D eigenvalue weighted by molar-refractivity contribution is 0.410. The number of nitrogens with two attached hydrogens (primary N) is 1. The van der Waals surface area contributed by atoms with E-state index in [-0.39, 0.29) is 5.69 Å². The van der Waals surface area contributed by atoms with Crippen LogP contribution in [0.4, 0.5) is 5.69 Å². The number of H-pyrrole nitrogens is 1. The van der Waals surface area contributed by atoms with Crippen molar-refractivity contribution in [2.45, 2.75) is 25.2 Å². The van der Waals surface area contributed by atoms with E-state index in [1.54, 1.807) is 6.20 Å². The lowest BCUT2D eigenvalue weighted by Gasteiger charge is -2.27. The van der Waals surface area contributed by atoms with Gasteiger partial charge < -0.3 is 16.0 Å². The fourth-order valence-corrected chi connectivity index (χ4v) is 1.77. The molecular formula is C10H16N4O. The molecule has 0 aliphatic heterocycles. The molecule has 1 aromatic heterocycles. The van der Waals surface area contributed by atoms with Gasteiger partial charge in [-0.1, -0.05) is 6.42 Å². The Morgan fingerprint density at radius 2 is 2.40 bits per heavy atom. The fraction of sp³-hybridized carbons (Fsp3) is 0.600. The zero-order valence-corrected chi connectivity index (χ0v) is 8.62. The number of anilines is 1. The van der Waals surface area contributed by atoms with Gasteiger partial charge in [0.1, 0.15) is 0 Å². The average Bonchev–Trinajstić information content (AvgIpc) is 2.14. The Labute approximate surface area is 88.1 Å². The molecule has 0 amide bonds. The second-order valence-electron chi connectivity index (χ2n) is 3.86. The molecule has 0 radical (unpaired) electrons. The first-order chi connectivity index (χ1) is 7.31. The summed E-state index contributed by atoms with van der Waals surface area (Å²) in [5.74, 6) is 0.487. The molecule has 2 rings (SSSR count). The lowest BCUT2D eigenvalue weighted by atomic mass is 9.82. The molecule has 1 heterocycles. The van der Waals surface area contributed by atoms with Crippen LogP contribution in [0.2, 0.25) is 0 Å². The maximum Gasteiger partial charge on any atom is 0.345 e. The van der Waals surface area contributed by atoms with E-state index in [9.17, 15) is 4.79 Å². The van der Waals surface area contributed by atoms with E-state index in [0.717, 1.165) is 24.2 Å². The van der Waals surface area contributed by atoms with E-state index in [1.807, 2.05) is 0 Å². The summed E-state index contributed by atoms with van der Waals surface area (Å²) in [5, 5.41) is 3.18. The number of rotatable bonds is 4. The van der Waals surface area contributed by atoms with Gasteiger partial charge in [-0.05, 0) is 12.8 Å². The molecule has 0 aromatic carbocycles. The van der Waals surface area contributed by atoms with Crippen LogP contribution < -0.4 is 16.7 Å². The van der Waals surface area contributed by atoms with Crippen LogP contribution in [-0.2, 0) is 0 Å². The summed E-state index contributed by atoms with van der Waals surface area (Å²) >= 11 is 0. The van der Waals surface area contributed by atoms with E-state index >= 15 is 0 Å². The lowest BCUT2D eigenvalue weighted by Crippen LogP contribution is -2.22. The first kappa shape index (κ1) is 10.2. The normalized spacial score (nSPS) is 16.1. The molecule has 0 saturated heterocycles. The molecule has 0 bridgehead atoms. The Kier molecular flexibility index (Phi) is 3.01. The summed E-state index contributed by atoms with van der Waals surface area (Å²) in [6.07, 6.45) is 5.14. The Morgan fingerprint density at radius 3 is 3.00 bits per heavy atom. The molecule has 1 fully saturated rings. The van der Waals surface area contributed by atoms with E-state index in [0.29, 0.717) is 19.0 Å². The molecule has 0 atom stereocenters. The van der Waals surface area contributed by atoms with Crippen LogP contribution in [-0.4, -0.2) is 23.1 Å². The van der Waals surface area contributed by atoms with Crippen molar-refractivity contribution in [3.8, 4) is 0 Å². The summed E-state index contributed by atoms with van der Waals surface area (Å²) in [7, 11) is 0. The number of aromatic nitrogens is 2. The van der Waals surface area contributed by atoms with E-state index in [1.165, 1.54) is 6.42 Å². The van der Waals surface area contributed by atoms with Crippen LogP contribution in [0.1, 0.15) is 30.9 Å². The Hall–Kier alpha value is -1.36. The second kappa shape index (κ2) is 4.44. The van der Waals surface area contributed by atoms with Gasteiger partial charge in [0.05, 0.1) is 11.9 Å². The van der Waals surface area contributed by atoms with Gasteiger partial charge in [-0.15, -0.1) is 0 Å². The Balaban J connectivity index is 2.22. The van der Waals surface area contributed by atoms with Crippen LogP contribution in [0.15, 0.2) is 11.0 Å². The van der Waals surface area contributed by atoms with Gasteiger partial charge in [0.15, 0.2) is 0 Å². The third-order valence-corrected chi connectivity index (χ3v) is 2.82. The van der Waals surface area contributed by atoms with Gasteiger partial charge >= 0.3 is 5.69 Å². The minimum absolute atomic E-state index is 0.268. The van der Waals surface area contributed by atoms with Crippen molar-refractivity contribution in [1.82, 2.24) is 9.97 Å². The van der Waals surface area contributed by atoms with Crippen molar-refractivity contribution in [3.05, 3.63) is 22.4 Å². The Morgan fingerprint density at radius 1 is 1.60 bits per heavy atom. The molecule has 5 heteroatoms. The largest absolute Gasteiger partial charge is 0.381 e. The summed E-state index contributed by atoms with van der Waals surface area (Å²) in [6.45, 7) is 1.27. The molecule has 1 aliphatic carbocycles. The van der Waals surface area contributed by atoms with Crippen LogP contribution in [0.3, 0.4) is 0 Å². The third kappa shape index (κ3) is 2.18. The van der Waals surface area contributed by atoms with Gasteiger partial charge in [-0.2, -0.15) is 4.98 Å². The van der Waals surface area contributed by atoms with E-state index in [4.69, 9.17) is 5.73 Å². The number of hydrogen-bond acceptors (Lipinski definition) is 4. The number of nitrogens with zero attached hydrogens (tertiary/aromatic N) is 1. The number of aromatic amines is 1. The quantitative estimate of drug-likeness (QED) is 0.669. The van der Waals surface area contributed by atoms with E-state index in [2.05, 4.69) is 15.3 Å². The number of hydrogen-bond donors (Lipinski definition) is 3. The van der Waals surface area contributed by atoms with Crippen LogP contribution in [0.5, 0.6) is 0 Å². The monoisotopic (exact) mass is 208 g/mol. The predicted molar refractivity (Wildman–Crippen MR) is 59.0 cm³/mol. The van der Waals surface area contributed by atoms with Gasteiger partial charge in [-0.25, -0.2) is 4.79 Å². The highest BCUT2D eigenvalue weighted by atomic mass is 16.1. The number of nitrogens with one attached hydrogen (secondary N) is 2. The molecule has 5 nitrogen and oxygen atoms in total. The molecular weight excluding hydrogens is 192 g/mol. The van der Waals surface area contributed by atoms with Crippen molar-refractivity contribution in [1.29, 1.82) is 0 Å². The van der Waals surface area contributed by atoms with Crippen molar-refractivity contribution in [2.75, 3.05) is 18.4 Å². The second-order valence-corrected chi connectivity index (χ2v) is 3.86. The predicted octanol–water partition coefficient (Wildman–Crippen LogP) is 0.408. The Bertz CT molecular complexity index is 383. The molecule has 82 valence electrons. The minimum atomic E-state index is -0.268. The zero-order valence-electron chi connectivity index (χ0n) is 8.62. The first-order valence-corrected chi connectivity index (χ1v) is 5.34.